The van der Waals surface area contributed by atoms with Gasteiger partial charge >= 0.3 is 0 Å². The molecular formula is C11H17BrClNO2S2. The lowest BCUT2D eigenvalue weighted by atomic mass is 9.85. The van der Waals surface area contributed by atoms with E-state index in [1.165, 1.54) is 11.3 Å². The maximum atomic E-state index is 12.1. The summed E-state index contributed by atoms with van der Waals surface area (Å²) < 4.78 is 27.9. The molecule has 1 heterocycles. The SMILES string of the molecule is CCC(CC)(CCl)CNS(=O)(=O)c1ccc(Br)s1. The van der Waals surface area contributed by atoms with E-state index in [4.69, 9.17) is 11.6 Å². The Balaban J connectivity index is 2.79. The van der Waals surface area contributed by atoms with Gasteiger partial charge in [0.1, 0.15) is 4.21 Å². The lowest BCUT2D eigenvalue weighted by Gasteiger charge is -2.29. The first kappa shape index (κ1) is 16.4. The Labute approximate surface area is 126 Å². The third kappa shape index (κ3) is 3.93. The normalized spacial score (nSPS) is 12.9. The fraction of sp³-hybridized carbons (Fsp3) is 0.636. The minimum atomic E-state index is -3.42. The van der Waals surface area contributed by atoms with Gasteiger partial charge in [0.25, 0.3) is 0 Å². The largest absolute Gasteiger partial charge is 0.250 e. The average Bonchev–Trinajstić information content (AvgIpc) is 2.79. The molecule has 0 radical (unpaired) electrons. The number of alkyl halides is 1. The van der Waals surface area contributed by atoms with Gasteiger partial charge in [-0.3, -0.25) is 0 Å². The van der Waals surface area contributed by atoms with Gasteiger partial charge in [-0.2, -0.15) is 0 Å². The summed E-state index contributed by atoms with van der Waals surface area (Å²) in [5.41, 5.74) is -0.164. The predicted molar refractivity (Wildman–Crippen MR) is 80.9 cm³/mol. The zero-order valence-corrected chi connectivity index (χ0v) is 14.3. The van der Waals surface area contributed by atoms with Crippen LogP contribution in [0.5, 0.6) is 0 Å². The summed E-state index contributed by atoms with van der Waals surface area (Å²) in [5, 5.41) is 0. The van der Waals surface area contributed by atoms with Crippen molar-refractivity contribution in [3.8, 4) is 0 Å². The van der Waals surface area contributed by atoms with Crippen LogP contribution >= 0.6 is 38.9 Å². The van der Waals surface area contributed by atoms with Crippen LogP contribution in [0.4, 0.5) is 0 Å². The van der Waals surface area contributed by atoms with Crippen LogP contribution in [0.3, 0.4) is 0 Å². The van der Waals surface area contributed by atoms with Gasteiger partial charge in [-0.1, -0.05) is 13.8 Å². The number of nitrogens with one attached hydrogen (secondary N) is 1. The van der Waals surface area contributed by atoms with Crippen molar-refractivity contribution in [1.29, 1.82) is 0 Å². The average molecular weight is 375 g/mol. The van der Waals surface area contributed by atoms with Gasteiger partial charge in [-0.25, -0.2) is 13.1 Å². The van der Waals surface area contributed by atoms with Crippen LogP contribution in [0.2, 0.25) is 0 Å². The molecule has 0 saturated heterocycles. The topological polar surface area (TPSA) is 46.2 Å². The van der Waals surface area contributed by atoms with E-state index in [0.717, 1.165) is 16.6 Å². The Morgan fingerprint density at radius 3 is 2.39 bits per heavy atom. The minimum Gasteiger partial charge on any atom is -0.210 e. The summed E-state index contributed by atoms with van der Waals surface area (Å²) >= 11 is 10.4. The molecule has 0 fully saturated rings. The molecule has 0 bridgehead atoms. The molecule has 104 valence electrons. The van der Waals surface area contributed by atoms with Crippen LogP contribution in [0.1, 0.15) is 26.7 Å². The highest BCUT2D eigenvalue weighted by Gasteiger charge is 2.28. The molecule has 7 heteroatoms. The maximum Gasteiger partial charge on any atom is 0.250 e. The summed E-state index contributed by atoms with van der Waals surface area (Å²) in [7, 11) is -3.42. The van der Waals surface area contributed by atoms with Crippen LogP contribution in [-0.4, -0.2) is 20.8 Å². The zero-order chi connectivity index (χ0) is 13.8. The van der Waals surface area contributed by atoms with E-state index in [0.29, 0.717) is 16.6 Å². The molecule has 18 heavy (non-hydrogen) atoms. The Morgan fingerprint density at radius 2 is 2.00 bits per heavy atom. The lowest BCUT2D eigenvalue weighted by Crippen LogP contribution is -2.38. The first-order valence-electron chi connectivity index (χ1n) is 5.70. The van der Waals surface area contributed by atoms with Crippen molar-refractivity contribution >= 4 is 48.9 Å². The van der Waals surface area contributed by atoms with E-state index < -0.39 is 10.0 Å². The third-order valence-electron chi connectivity index (χ3n) is 3.23. The molecule has 1 aromatic rings. The molecule has 0 aliphatic carbocycles. The highest BCUT2D eigenvalue weighted by Crippen LogP contribution is 2.29. The highest BCUT2D eigenvalue weighted by atomic mass is 79.9. The summed E-state index contributed by atoms with van der Waals surface area (Å²) in [4.78, 5) is 0. The van der Waals surface area contributed by atoms with Crippen LogP contribution in [-0.2, 0) is 10.0 Å². The molecule has 3 nitrogen and oxygen atoms in total. The smallest absolute Gasteiger partial charge is 0.210 e. The van der Waals surface area contributed by atoms with Crippen molar-refractivity contribution in [1.82, 2.24) is 4.72 Å². The van der Waals surface area contributed by atoms with Crippen LogP contribution in [0.15, 0.2) is 20.1 Å². The standard InChI is InChI=1S/C11H17BrClNO2S2/c1-3-11(4-2,7-13)8-14-18(15,16)10-6-5-9(12)17-10/h5-6,14H,3-4,7-8H2,1-2H3. The van der Waals surface area contributed by atoms with Crippen LogP contribution in [0, 0.1) is 5.41 Å². The number of rotatable bonds is 7. The summed E-state index contributed by atoms with van der Waals surface area (Å²) in [5.74, 6) is 0.455. The molecule has 0 amide bonds. The monoisotopic (exact) mass is 373 g/mol. The quantitative estimate of drug-likeness (QED) is 0.737. The summed E-state index contributed by atoms with van der Waals surface area (Å²) in [6.07, 6.45) is 1.70. The molecule has 0 aliphatic heterocycles. The van der Waals surface area contributed by atoms with Crippen LogP contribution in [0.25, 0.3) is 0 Å². The first-order chi connectivity index (χ1) is 8.39. The molecule has 1 rings (SSSR count). The third-order valence-corrected chi connectivity index (χ3v) is 7.32. The fourth-order valence-corrected chi connectivity index (χ4v) is 5.18. The first-order valence-corrected chi connectivity index (χ1v) is 9.33. The second-order valence-corrected chi connectivity index (χ2v) is 8.95. The zero-order valence-electron chi connectivity index (χ0n) is 10.4. The van der Waals surface area contributed by atoms with Gasteiger partial charge in [0, 0.05) is 12.4 Å². The number of thiophene rings is 1. The Morgan fingerprint density at radius 1 is 1.39 bits per heavy atom. The van der Waals surface area contributed by atoms with Crippen molar-refractivity contribution in [2.45, 2.75) is 30.9 Å². The highest BCUT2D eigenvalue weighted by molar-refractivity contribution is 9.11. The Kier molecular flexibility index (Phi) is 6.12. The van der Waals surface area contributed by atoms with E-state index in [-0.39, 0.29) is 5.41 Å². The van der Waals surface area contributed by atoms with Gasteiger partial charge in [-0.05, 0) is 46.3 Å². The second-order valence-electron chi connectivity index (χ2n) is 4.22. The predicted octanol–water partition coefficient (Wildman–Crippen LogP) is 3.83. The van der Waals surface area contributed by atoms with Crippen molar-refractivity contribution in [3.05, 3.63) is 15.9 Å². The fourth-order valence-electron chi connectivity index (χ4n) is 1.50. The number of sulfonamides is 1. The molecule has 0 atom stereocenters. The number of hydrogen-bond acceptors (Lipinski definition) is 3. The molecule has 0 aliphatic rings. The molecule has 1 aromatic heterocycles. The number of halogens is 2. The summed E-state index contributed by atoms with van der Waals surface area (Å²) in [6.45, 7) is 4.44. The molecule has 0 unspecified atom stereocenters. The van der Waals surface area contributed by atoms with Gasteiger partial charge in [0.05, 0.1) is 3.79 Å². The molecule has 1 N–H and O–H groups in total. The molecule has 0 spiro atoms. The Hall–Kier alpha value is 0.380. The van der Waals surface area contributed by atoms with E-state index in [1.54, 1.807) is 12.1 Å². The van der Waals surface area contributed by atoms with Crippen LogP contribution < -0.4 is 4.72 Å². The van der Waals surface area contributed by atoms with E-state index in [9.17, 15) is 8.42 Å². The van der Waals surface area contributed by atoms with Gasteiger partial charge < -0.3 is 0 Å². The van der Waals surface area contributed by atoms with E-state index >= 15 is 0 Å². The van der Waals surface area contributed by atoms with Gasteiger partial charge in [0.2, 0.25) is 10.0 Å². The second kappa shape index (κ2) is 6.70. The molecule has 0 saturated carbocycles. The van der Waals surface area contributed by atoms with E-state index in [1.807, 2.05) is 13.8 Å². The van der Waals surface area contributed by atoms with E-state index in [2.05, 4.69) is 20.7 Å². The minimum absolute atomic E-state index is 0.164. The number of hydrogen-bond donors (Lipinski definition) is 1. The lowest BCUT2D eigenvalue weighted by molar-refractivity contribution is 0.305. The maximum absolute atomic E-state index is 12.1. The molecule has 0 aromatic carbocycles. The van der Waals surface area contributed by atoms with Gasteiger partial charge in [0.15, 0.2) is 0 Å². The molecular weight excluding hydrogens is 358 g/mol. The van der Waals surface area contributed by atoms with Crippen molar-refractivity contribution in [2.24, 2.45) is 5.41 Å². The van der Waals surface area contributed by atoms with Crippen molar-refractivity contribution in [3.63, 3.8) is 0 Å². The summed E-state index contributed by atoms with van der Waals surface area (Å²) in [6, 6.07) is 3.32. The van der Waals surface area contributed by atoms with Crippen molar-refractivity contribution in [2.75, 3.05) is 12.4 Å². The van der Waals surface area contributed by atoms with Gasteiger partial charge in [-0.15, -0.1) is 22.9 Å². The Bertz CT molecular complexity index is 475. The van der Waals surface area contributed by atoms with Crippen molar-refractivity contribution < 1.29 is 8.42 Å².